The van der Waals surface area contributed by atoms with Gasteiger partial charge >= 0.3 is 5.69 Å². The van der Waals surface area contributed by atoms with Crippen LogP contribution in [0.3, 0.4) is 0 Å². The van der Waals surface area contributed by atoms with Crippen molar-refractivity contribution in [2.24, 2.45) is 0 Å². The molecule has 0 atom stereocenters. The third kappa shape index (κ3) is 5.08. The van der Waals surface area contributed by atoms with Gasteiger partial charge < -0.3 is 4.85 Å². The van der Waals surface area contributed by atoms with Crippen LogP contribution in [0.15, 0.2) is 46.0 Å². The number of nitrogens with zero attached hydrogens (tertiary/aromatic N) is 4. The van der Waals surface area contributed by atoms with E-state index in [1.165, 1.54) is 10.6 Å². The molecule has 1 N–H and O–H groups in total. The molecule has 2 aromatic heterocycles. The first-order valence-electron chi connectivity index (χ1n) is 10.6. The average molecular weight is 454 g/mol. The Morgan fingerprint density at radius 1 is 1.24 bits per heavy atom. The van der Waals surface area contributed by atoms with Crippen LogP contribution in [0.1, 0.15) is 63.8 Å². The lowest BCUT2D eigenvalue weighted by Crippen LogP contribution is -2.38. The number of carbonyl (C=O) groups is 1. The molecular weight excluding hydrogens is 430 g/mol. The molecule has 8 nitrogen and oxygen atoms in total. The number of benzene rings is 1. The highest BCUT2D eigenvalue weighted by atomic mass is 16.2. The molecule has 0 aliphatic heterocycles. The summed E-state index contributed by atoms with van der Waals surface area (Å²) in [5.41, 5.74) is 1.84. The summed E-state index contributed by atoms with van der Waals surface area (Å²) in [5.74, 6) is -0.634. The molecule has 0 aliphatic carbocycles. The fraction of sp³-hybridized carbons (Fsp3) is 0.231. The first-order chi connectivity index (χ1) is 16.1. The van der Waals surface area contributed by atoms with Crippen molar-refractivity contribution >= 4 is 17.7 Å². The maximum absolute atomic E-state index is 13.8. The molecular formula is C26H23N5O3. The summed E-state index contributed by atoms with van der Waals surface area (Å²) >= 11 is 0. The average Bonchev–Trinajstić information content (AvgIpc) is 2.77. The van der Waals surface area contributed by atoms with Crippen LogP contribution < -0.4 is 11.2 Å². The number of allylic oxidation sites excluding steroid dienone is 1. The van der Waals surface area contributed by atoms with Gasteiger partial charge in [-0.15, -0.1) is 4.98 Å². The van der Waals surface area contributed by atoms with Gasteiger partial charge in [0.1, 0.15) is 11.4 Å². The molecule has 3 rings (SSSR count). The van der Waals surface area contributed by atoms with E-state index in [0.29, 0.717) is 22.4 Å². The molecule has 0 amide bonds. The number of pyridine rings is 1. The van der Waals surface area contributed by atoms with E-state index in [1.54, 1.807) is 51.1 Å². The van der Waals surface area contributed by atoms with E-state index < -0.39 is 17.0 Å². The van der Waals surface area contributed by atoms with Gasteiger partial charge in [-0.2, -0.15) is 5.26 Å². The molecule has 0 unspecified atom stereocenters. The Labute approximate surface area is 196 Å². The van der Waals surface area contributed by atoms with E-state index in [9.17, 15) is 14.4 Å². The van der Waals surface area contributed by atoms with E-state index in [2.05, 4.69) is 14.8 Å². The number of hydrogen-bond acceptors (Lipinski definition) is 5. The molecule has 0 spiro atoms. The van der Waals surface area contributed by atoms with Crippen LogP contribution in [0.5, 0.6) is 0 Å². The summed E-state index contributed by atoms with van der Waals surface area (Å²) in [6.45, 7) is 14.4. The van der Waals surface area contributed by atoms with Crippen LogP contribution in [0, 0.1) is 31.8 Å². The fourth-order valence-electron chi connectivity index (χ4n) is 3.88. The van der Waals surface area contributed by atoms with E-state index in [0.717, 1.165) is 5.56 Å². The molecule has 34 heavy (non-hydrogen) atoms. The maximum Gasteiger partial charge on any atom is 0.329 e. The smallest absolute Gasteiger partial charge is 0.329 e. The predicted octanol–water partition coefficient (Wildman–Crippen LogP) is 4.04. The Hall–Kier alpha value is -4.56. The van der Waals surface area contributed by atoms with Gasteiger partial charge in [0, 0.05) is 24.1 Å². The lowest BCUT2D eigenvalue weighted by molar-refractivity contribution is 0.102. The van der Waals surface area contributed by atoms with Crippen LogP contribution in [0.2, 0.25) is 0 Å². The van der Waals surface area contributed by atoms with Crippen molar-refractivity contribution in [3.8, 4) is 6.07 Å². The van der Waals surface area contributed by atoms with Crippen molar-refractivity contribution in [2.45, 2.75) is 40.2 Å². The van der Waals surface area contributed by atoms with Crippen molar-refractivity contribution in [3.05, 3.63) is 108 Å². The summed E-state index contributed by atoms with van der Waals surface area (Å²) in [6, 6.07) is 10.3. The zero-order valence-corrected chi connectivity index (χ0v) is 19.3. The Kier molecular flexibility index (Phi) is 7.04. The van der Waals surface area contributed by atoms with Gasteiger partial charge in [0.15, 0.2) is 0 Å². The van der Waals surface area contributed by atoms with Gasteiger partial charge in [0.2, 0.25) is 5.78 Å². The summed E-state index contributed by atoms with van der Waals surface area (Å²) in [6.07, 6.45) is 2.90. The van der Waals surface area contributed by atoms with Gasteiger partial charge in [-0.3, -0.25) is 19.1 Å². The molecule has 0 bridgehead atoms. The Bertz CT molecular complexity index is 1510. The number of aromatic amines is 1. The predicted molar refractivity (Wildman–Crippen MR) is 129 cm³/mol. The monoisotopic (exact) mass is 453 g/mol. The summed E-state index contributed by atoms with van der Waals surface area (Å²) in [5, 5.41) is 8.84. The van der Waals surface area contributed by atoms with Crippen molar-refractivity contribution in [2.75, 3.05) is 0 Å². The minimum atomic E-state index is -0.714. The lowest BCUT2D eigenvalue weighted by Gasteiger charge is -2.18. The van der Waals surface area contributed by atoms with Crippen LogP contribution in [-0.2, 0) is 6.54 Å². The van der Waals surface area contributed by atoms with Crippen LogP contribution in [0.4, 0.5) is 5.82 Å². The number of H-pyrrole nitrogens is 1. The molecule has 0 saturated carbocycles. The fourth-order valence-corrected chi connectivity index (χ4v) is 3.88. The van der Waals surface area contributed by atoms with Gasteiger partial charge in [0.25, 0.3) is 11.4 Å². The molecule has 3 aromatic rings. The van der Waals surface area contributed by atoms with E-state index in [-0.39, 0.29) is 29.5 Å². The highest BCUT2D eigenvalue weighted by molar-refractivity contribution is 6.09. The summed E-state index contributed by atoms with van der Waals surface area (Å²) in [4.78, 5) is 49.3. The number of hydrogen-bond donors (Lipinski definition) is 1. The Morgan fingerprint density at radius 3 is 2.62 bits per heavy atom. The SMILES string of the molecule is [C-]#[N+]c1cc(Cn2c(C(=O)c3cc(C)cc(/C=C/C#N)c3)c(C(C)C)c(=O)[nH]c2=O)cc(C)n1. The van der Waals surface area contributed by atoms with Crippen molar-refractivity contribution in [3.63, 3.8) is 0 Å². The molecule has 1 aromatic carbocycles. The normalized spacial score (nSPS) is 10.9. The summed E-state index contributed by atoms with van der Waals surface area (Å²) in [7, 11) is 0. The number of nitrogens with one attached hydrogen (secondary N) is 1. The number of aromatic nitrogens is 3. The Balaban J connectivity index is 2.28. The van der Waals surface area contributed by atoms with Crippen molar-refractivity contribution < 1.29 is 4.79 Å². The number of carbonyl (C=O) groups excluding carboxylic acids is 1. The minimum Gasteiger partial charge on any atom is -0.361 e. The number of aryl methyl sites for hydroxylation is 2. The third-order valence-corrected chi connectivity index (χ3v) is 5.19. The zero-order chi connectivity index (χ0) is 25.0. The van der Waals surface area contributed by atoms with Crippen molar-refractivity contribution in [1.29, 1.82) is 5.26 Å². The van der Waals surface area contributed by atoms with Gasteiger partial charge in [0.05, 0.1) is 12.6 Å². The second kappa shape index (κ2) is 9.93. The van der Waals surface area contributed by atoms with Crippen LogP contribution >= 0.6 is 0 Å². The number of rotatable bonds is 6. The quantitative estimate of drug-likeness (QED) is 0.344. The van der Waals surface area contributed by atoms with Crippen molar-refractivity contribution in [1.82, 2.24) is 14.5 Å². The molecule has 0 radical (unpaired) electrons. The second-order valence-electron chi connectivity index (χ2n) is 8.27. The number of nitriles is 1. The minimum absolute atomic E-state index is 0.00314. The second-order valence-corrected chi connectivity index (χ2v) is 8.27. The molecule has 0 saturated heterocycles. The molecule has 8 heteroatoms. The lowest BCUT2D eigenvalue weighted by atomic mass is 9.95. The topological polar surface area (TPSA) is 113 Å². The van der Waals surface area contributed by atoms with Gasteiger partial charge in [-0.1, -0.05) is 26.5 Å². The number of ketones is 1. The largest absolute Gasteiger partial charge is 0.361 e. The van der Waals surface area contributed by atoms with E-state index >= 15 is 0 Å². The van der Waals surface area contributed by atoms with E-state index in [4.69, 9.17) is 11.8 Å². The molecule has 0 aliphatic rings. The maximum atomic E-state index is 13.8. The van der Waals surface area contributed by atoms with Crippen LogP contribution in [0.25, 0.3) is 10.9 Å². The van der Waals surface area contributed by atoms with E-state index in [1.807, 2.05) is 19.1 Å². The molecule has 0 fully saturated rings. The Morgan fingerprint density at radius 2 is 1.97 bits per heavy atom. The molecule has 170 valence electrons. The summed E-state index contributed by atoms with van der Waals surface area (Å²) < 4.78 is 1.24. The third-order valence-electron chi connectivity index (χ3n) is 5.19. The first kappa shape index (κ1) is 24.1. The standard InChI is InChI=1S/C26H23N5O3/c1-15(2)22-23(24(32)20-10-16(3)9-18(12-20)7-6-8-27)31(26(34)30-25(22)33)14-19-11-17(4)29-21(13-19)28-5/h6-7,9-13,15H,14H2,1-4H3,(H,30,33,34)/b7-6+. The van der Waals surface area contributed by atoms with Crippen LogP contribution in [-0.4, -0.2) is 20.3 Å². The van der Waals surface area contributed by atoms with Gasteiger partial charge in [-0.25, -0.2) is 4.79 Å². The highest BCUT2D eigenvalue weighted by Crippen LogP contribution is 2.22. The van der Waals surface area contributed by atoms with Gasteiger partial charge in [-0.05, 0) is 59.9 Å². The first-order valence-corrected chi connectivity index (χ1v) is 10.6. The zero-order valence-electron chi connectivity index (χ0n) is 19.3. The molecule has 2 heterocycles. The highest BCUT2D eigenvalue weighted by Gasteiger charge is 2.25.